The topological polar surface area (TPSA) is 51.5 Å². The number of benzene rings is 2. The molecule has 1 unspecified atom stereocenters. The average molecular weight is 321 g/mol. The molecule has 24 heavy (non-hydrogen) atoms. The molecule has 0 amide bonds. The summed E-state index contributed by atoms with van der Waals surface area (Å²) in [6, 6.07) is 15.7. The highest BCUT2D eigenvalue weighted by Gasteiger charge is 2.27. The molecule has 1 aliphatic rings. The molecule has 2 aromatic carbocycles. The number of aliphatic hydroxyl groups is 1. The zero-order chi connectivity index (χ0) is 16.7. The zero-order valence-corrected chi connectivity index (χ0v) is 13.5. The summed E-state index contributed by atoms with van der Waals surface area (Å²) in [7, 11) is 1.63. The van der Waals surface area contributed by atoms with Crippen molar-refractivity contribution in [1.29, 1.82) is 0 Å². The fourth-order valence-electron chi connectivity index (χ4n) is 3.65. The summed E-state index contributed by atoms with van der Waals surface area (Å²) in [6.07, 6.45) is 0.711. The second-order valence-electron chi connectivity index (χ2n) is 6.27. The number of aliphatic hydroxyl groups excluding tert-OH is 1. The van der Waals surface area contributed by atoms with Crippen molar-refractivity contribution in [2.75, 3.05) is 13.7 Å². The molecule has 1 atom stereocenters. The van der Waals surface area contributed by atoms with Gasteiger partial charge in [0.25, 0.3) is 5.56 Å². The molecule has 0 spiro atoms. The monoisotopic (exact) mass is 321 g/mol. The van der Waals surface area contributed by atoms with Crippen molar-refractivity contribution in [3.8, 4) is 16.9 Å². The Hall–Kier alpha value is -2.59. The van der Waals surface area contributed by atoms with Crippen LogP contribution in [0.2, 0.25) is 0 Å². The van der Waals surface area contributed by atoms with Crippen LogP contribution in [0.4, 0.5) is 0 Å². The van der Waals surface area contributed by atoms with Crippen LogP contribution >= 0.6 is 0 Å². The minimum Gasteiger partial charge on any atom is -0.497 e. The summed E-state index contributed by atoms with van der Waals surface area (Å²) >= 11 is 0. The van der Waals surface area contributed by atoms with Gasteiger partial charge in [0.1, 0.15) is 5.75 Å². The SMILES string of the molecule is COc1ccc2c(=O)n3c(c(-c4ccccc4)c2c1)CC(CO)C3. The molecule has 2 heterocycles. The van der Waals surface area contributed by atoms with E-state index >= 15 is 0 Å². The minimum atomic E-state index is 0.0123. The average Bonchev–Trinajstić information content (AvgIpc) is 3.07. The van der Waals surface area contributed by atoms with Gasteiger partial charge in [-0.2, -0.15) is 0 Å². The van der Waals surface area contributed by atoms with E-state index in [0.717, 1.165) is 28.0 Å². The van der Waals surface area contributed by atoms with Gasteiger partial charge < -0.3 is 14.4 Å². The molecule has 0 fully saturated rings. The number of rotatable bonds is 3. The molecule has 0 radical (unpaired) electrons. The third-order valence-electron chi connectivity index (χ3n) is 4.83. The van der Waals surface area contributed by atoms with Gasteiger partial charge in [0.2, 0.25) is 0 Å². The van der Waals surface area contributed by atoms with Gasteiger partial charge in [0.15, 0.2) is 0 Å². The van der Waals surface area contributed by atoms with E-state index in [1.165, 1.54) is 0 Å². The van der Waals surface area contributed by atoms with Crippen LogP contribution < -0.4 is 10.3 Å². The Kier molecular flexibility index (Phi) is 3.62. The van der Waals surface area contributed by atoms with Crippen LogP contribution in [0.5, 0.6) is 5.75 Å². The number of hydrogen-bond donors (Lipinski definition) is 1. The Balaban J connectivity index is 2.11. The molecule has 122 valence electrons. The largest absolute Gasteiger partial charge is 0.497 e. The zero-order valence-electron chi connectivity index (χ0n) is 13.5. The smallest absolute Gasteiger partial charge is 0.258 e. The Morgan fingerprint density at radius 3 is 2.67 bits per heavy atom. The molecule has 4 nitrogen and oxygen atoms in total. The quantitative estimate of drug-likeness (QED) is 0.807. The van der Waals surface area contributed by atoms with E-state index < -0.39 is 0 Å². The van der Waals surface area contributed by atoms with Crippen molar-refractivity contribution >= 4 is 10.8 Å². The normalized spacial score (nSPS) is 16.3. The van der Waals surface area contributed by atoms with Crippen LogP contribution in [0.25, 0.3) is 21.9 Å². The molecule has 0 saturated heterocycles. The molecule has 0 bridgehead atoms. The lowest BCUT2D eigenvalue weighted by atomic mass is 9.95. The lowest BCUT2D eigenvalue weighted by Crippen LogP contribution is -2.21. The predicted octanol–water partition coefficient (Wildman–Crippen LogP) is 2.84. The summed E-state index contributed by atoms with van der Waals surface area (Å²) in [5.74, 6) is 0.833. The maximum atomic E-state index is 12.9. The maximum Gasteiger partial charge on any atom is 0.258 e. The number of nitrogens with zero attached hydrogens (tertiary/aromatic N) is 1. The molecule has 1 aliphatic heterocycles. The number of methoxy groups -OCH3 is 1. The second kappa shape index (κ2) is 5.80. The van der Waals surface area contributed by atoms with Gasteiger partial charge in [-0.1, -0.05) is 30.3 Å². The summed E-state index contributed by atoms with van der Waals surface area (Å²) in [4.78, 5) is 12.9. The second-order valence-corrected chi connectivity index (χ2v) is 6.27. The molecule has 0 aliphatic carbocycles. The standard InChI is InChI=1S/C20H19NO3/c1-24-15-7-8-16-17(10-15)19(14-5-3-2-4-6-14)18-9-13(12-22)11-21(18)20(16)23/h2-8,10,13,22H,9,11-12H2,1H3. The molecule has 4 heteroatoms. The van der Waals surface area contributed by atoms with Gasteiger partial charge >= 0.3 is 0 Å². The lowest BCUT2D eigenvalue weighted by molar-refractivity contribution is 0.225. The van der Waals surface area contributed by atoms with Crippen molar-refractivity contribution in [3.05, 3.63) is 64.6 Å². The van der Waals surface area contributed by atoms with Gasteiger partial charge in [0, 0.05) is 41.1 Å². The lowest BCUT2D eigenvalue weighted by Gasteiger charge is -2.15. The van der Waals surface area contributed by atoms with E-state index in [-0.39, 0.29) is 18.1 Å². The fourth-order valence-corrected chi connectivity index (χ4v) is 3.65. The van der Waals surface area contributed by atoms with Gasteiger partial charge in [0.05, 0.1) is 7.11 Å². The first-order valence-electron chi connectivity index (χ1n) is 8.12. The summed E-state index contributed by atoms with van der Waals surface area (Å²) in [6.45, 7) is 0.668. The summed E-state index contributed by atoms with van der Waals surface area (Å²) in [5, 5.41) is 11.2. The number of hydrogen-bond acceptors (Lipinski definition) is 3. The molecule has 1 aromatic heterocycles. The van der Waals surface area contributed by atoms with Crippen LogP contribution in [-0.2, 0) is 13.0 Å². The fraction of sp³-hybridized carbons (Fsp3) is 0.250. The van der Waals surface area contributed by atoms with Crippen LogP contribution in [0, 0.1) is 5.92 Å². The third-order valence-corrected chi connectivity index (χ3v) is 4.83. The van der Waals surface area contributed by atoms with Crippen LogP contribution in [0.1, 0.15) is 5.69 Å². The molecule has 1 N–H and O–H groups in total. The molecule has 4 rings (SSSR count). The highest BCUT2D eigenvalue weighted by atomic mass is 16.5. The van der Waals surface area contributed by atoms with E-state index in [0.29, 0.717) is 18.4 Å². The van der Waals surface area contributed by atoms with Crippen LogP contribution in [0.15, 0.2) is 53.3 Å². The van der Waals surface area contributed by atoms with Crippen molar-refractivity contribution < 1.29 is 9.84 Å². The highest BCUT2D eigenvalue weighted by molar-refractivity contribution is 5.98. The van der Waals surface area contributed by atoms with E-state index in [4.69, 9.17) is 4.74 Å². The molecule has 3 aromatic rings. The van der Waals surface area contributed by atoms with E-state index in [9.17, 15) is 9.90 Å². The first-order chi connectivity index (χ1) is 11.7. The summed E-state index contributed by atoms with van der Waals surface area (Å²) < 4.78 is 7.20. The number of ether oxygens (including phenoxy) is 1. The van der Waals surface area contributed by atoms with Gasteiger partial charge in [-0.05, 0) is 30.2 Å². The van der Waals surface area contributed by atoms with Crippen LogP contribution in [0.3, 0.4) is 0 Å². The van der Waals surface area contributed by atoms with E-state index in [2.05, 4.69) is 12.1 Å². The Morgan fingerprint density at radius 1 is 1.17 bits per heavy atom. The molecular weight excluding hydrogens is 302 g/mol. The predicted molar refractivity (Wildman–Crippen MR) is 94.5 cm³/mol. The first kappa shape index (κ1) is 15.0. The van der Waals surface area contributed by atoms with Gasteiger partial charge in [-0.15, -0.1) is 0 Å². The van der Waals surface area contributed by atoms with Crippen LogP contribution in [-0.4, -0.2) is 23.4 Å². The summed E-state index contributed by atoms with van der Waals surface area (Å²) in [5.41, 5.74) is 3.17. The number of aromatic nitrogens is 1. The van der Waals surface area contributed by atoms with Crippen molar-refractivity contribution in [2.45, 2.75) is 13.0 Å². The first-order valence-corrected chi connectivity index (χ1v) is 8.12. The maximum absolute atomic E-state index is 12.9. The van der Waals surface area contributed by atoms with Gasteiger partial charge in [-0.3, -0.25) is 4.79 Å². The van der Waals surface area contributed by atoms with Crippen molar-refractivity contribution in [1.82, 2.24) is 4.57 Å². The minimum absolute atomic E-state index is 0.0123. The third kappa shape index (κ3) is 2.22. The van der Waals surface area contributed by atoms with Gasteiger partial charge in [-0.25, -0.2) is 0 Å². The van der Waals surface area contributed by atoms with E-state index in [1.807, 2.05) is 41.0 Å². The Morgan fingerprint density at radius 2 is 1.96 bits per heavy atom. The highest BCUT2D eigenvalue weighted by Crippen LogP contribution is 2.36. The number of pyridine rings is 1. The molecule has 0 saturated carbocycles. The number of fused-ring (bicyclic) bond motifs is 2. The van der Waals surface area contributed by atoms with E-state index in [1.54, 1.807) is 7.11 Å². The Bertz CT molecular complexity index is 960. The van der Waals surface area contributed by atoms with Crippen molar-refractivity contribution in [3.63, 3.8) is 0 Å². The Labute approximate surface area is 139 Å². The van der Waals surface area contributed by atoms with Crippen molar-refractivity contribution in [2.24, 2.45) is 5.92 Å². The molecular formula is C20H19NO3.